The Labute approximate surface area is 140 Å². The van der Waals surface area contributed by atoms with Crippen LogP contribution in [-0.2, 0) is 11.2 Å². The summed E-state index contributed by atoms with van der Waals surface area (Å²) in [5.41, 5.74) is 2.53. The summed E-state index contributed by atoms with van der Waals surface area (Å²) in [6, 6.07) is -0.154. The van der Waals surface area contributed by atoms with Crippen molar-refractivity contribution >= 4 is 6.09 Å². The van der Waals surface area contributed by atoms with E-state index in [1.54, 1.807) is 31.7 Å². The summed E-state index contributed by atoms with van der Waals surface area (Å²) >= 11 is 0. The van der Waals surface area contributed by atoms with Crippen LogP contribution in [0.5, 0.6) is 0 Å². The number of carbonyl (C=O) groups excluding carboxylic acids is 1. The fourth-order valence-electron chi connectivity index (χ4n) is 3.03. The molecule has 2 aromatic heterocycles. The summed E-state index contributed by atoms with van der Waals surface area (Å²) in [6.45, 7) is 6.46. The highest BCUT2D eigenvalue weighted by atomic mass is 16.5. The maximum absolute atomic E-state index is 11.8. The molecule has 126 valence electrons. The van der Waals surface area contributed by atoms with Crippen molar-refractivity contribution in [3.05, 3.63) is 36.0 Å². The molecule has 1 amide bonds. The van der Waals surface area contributed by atoms with E-state index in [-0.39, 0.29) is 11.5 Å². The molecular weight excluding hydrogens is 306 g/mol. The Kier molecular flexibility index (Phi) is 4.42. The highest BCUT2D eigenvalue weighted by Gasteiger charge is 2.34. The number of ether oxygens (including phenoxy) is 1. The molecule has 7 nitrogen and oxygen atoms in total. The number of alkyl carbamates (subject to hydrolysis) is 1. The number of hydrogen-bond acceptors (Lipinski definition) is 6. The van der Waals surface area contributed by atoms with Gasteiger partial charge in [-0.3, -0.25) is 4.98 Å². The maximum Gasteiger partial charge on any atom is 0.407 e. The summed E-state index contributed by atoms with van der Waals surface area (Å²) in [5.74, 6) is 0.550. The lowest BCUT2D eigenvalue weighted by Gasteiger charge is -2.36. The van der Waals surface area contributed by atoms with E-state index in [1.165, 1.54) is 0 Å². The molecule has 0 aliphatic heterocycles. The number of nitrogens with one attached hydrogen (secondary N) is 1. The van der Waals surface area contributed by atoms with Crippen molar-refractivity contribution in [2.45, 2.75) is 39.7 Å². The molecule has 0 saturated heterocycles. The van der Waals surface area contributed by atoms with Gasteiger partial charge < -0.3 is 10.1 Å². The van der Waals surface area contributed by atoms with Crippen LogP contribution in [0.1, 0.15) is 44.5 Å². The molecule has 7 heteroatoms. The highest BCUT2D eigenvalue weighted by Crippen LogP contribution is 2.40. The number of rotatable bonds is 3. The second kappa shape index (κ2) is 6.51. The first-order valence-electron chi connectivity index (χ1n) is 8.04. The van der Waals surface area contributed by atoms with Gasteiger partial charge in [0.15, 0.2) is 5.82 Å². The lowest BCUT2D eigenvalue weighted by Crippen LogP contribution is -2.37. The largest absolute Gasteiger partial charge is 0.450 e. The van der Waals surface area contributed by atoms with Gasteiger partial charge in [0.2, 0.25) is 0 Å². The molecule has 0 aromatic carbocycles. The third-order valence-corrected chi connectivity index (χ3v) is 4.04. The summed E-state index contributed by atoms with van der Waals surface area (Å²) in [6.07, 6.45) is 7.87. The van der Waals surface area contributed by atoms with Gasteiger partial charge in [0.25, 0.3) is 0 Å². The molecule has 1 unspecified atom stereocenters. The number of hydrogen-bond donors (Lipinski definition) is 1. The van der Waals surface area contributed by atoms with Crippen LogP contribution >= 0.6 is 0 Å². The number of amides is 1. The van der Waals surface area contributed by atoms with E-state index in [2.05, 4.69) is 39.1 Å². The van der Waals surface area contributed by atoms with E-state index in [9.17, 15) is 4.79 Å². The summed E-state index contributed by atoms with van der Waals surface area (Å²) in [7, 11) is 0. The molecule has 2 heterocycles. The van der Waals surface area contributed by atoms with E-state index >= 15 is 0 Å². The Morgan fingerprint density at radius 1 is 1.33 bits per heavy atom. The van der Waals surface area contributed by atoms with E-state index < -0.39 is 6.09 Å². The fraction of sp³-hybridized carbons (Fsp3) is 0.471. The van der Waals surface area contributed by atoms with Crippen LogP contribution in [0.3, 0.4) is 0 Å². The van der Waals surface area contributed by atoms with Gasteiger partial charge in [0.05, 0.1) is 24.5 Å². The Balaban J connectivity index is 1.94. The van der Waals surface area contributed by atoms with Gasteiger partial charge in [0.1, 0.15) is 5.69 Å². The first kappa shape index (κ1) is 16.3. The Morgan fingerprint density at radius 2 is 2.17 bits per heavy atom. The maximum atomic E-state index is 11.8. The lowest BCUT2D eigenvalue weighted by molar-refractivity contribution is 0.141. The van der Waals surface area contributed by atoms with Gasteiger partial charge in [-0.2, -0.15) is 0 Å². The van der Waals surface area contributed by atoms with Crippen molar-refractivity contribution in [1.29, 1.82) is 0 Å². The Bertz CT molecular complexity index is 733. The smallest absolute Gasteiger partial charge is 0.407 e. The predicted molar refractivity (Wildman–Crippen MR) is 88.1 cm³/mol. The second-order valence-electron chi connectivity index (χ2n) is 6.65. The van der Waals surface area contributed by atoms with Crippen LogP contribution in [0.25, 0.3) is 11.5 Å². The zero-order valence-corrected chi connectivity index (χ0v) is 14.1. The number of aromatic nitrogens is 4. The summed E-state index contributed by atoms with van der Waals surface area (Å²) in [5, 5.41) is 2.92. The molecule has 0 fully saturated rings. The van der Waals surface area contributed by atoms with Gasteiger partial charge in [-0.15, -0.1) is 0 Å². The molecule has 1 atom stereocenters. The van der Waals surface area contributed by atoms with Crippen molar-refractivity contribution in [3.8, 4) is 11.5 Å². The van der Waals surface area contributed by atoms with E-state index in [4.69, 9.17) is 4.74 Å². The van der Waals surface area contributed by atoms with Crippen molar-refractivity contribution < 1.29 is 9.53 Å². The minimum Gasteiger partial charge on any atom is -0.450 e. The lowest BCUT2D eigenvalue weighted by atomic mass is 9.74. The van der Waals surface area contributed by atoms with Gasteiger partial charge in [-0.1, -0.05) is 13.8 Å². The van der Waals surface area contributed by atoms with E-state index in [0.29, 0.717) is 18.1 Å². The standard InChI is InChI=1S/C17H21N5O2/c1-4-24-16(23)22-13-8-17(2,3)7-12-11(13)9-20-15(21-12)14-10-18-5-6-19-14/h5-6,9-10,13H,4,7-8H2,1-3H3,(H,22,23). The first-order valence-corrected chi connectivity index (χ1v) is 8.04. The molecule has 0 bridgehead atoms. The normalized spacial score (nSPS) is 18.5. The molecule has 1 aliphatic carbocycles. The molecule has 24 heavy (non-hydrogen) atoms. The van der Waals surface area contributed by atoms with Gasteiger partial charge >= 0.3 is 6.09 Å². The highest BCUT2D eigenvalue weighted by molar-refractivity contribution is 5.68. The van der Waals surface area contributed by atoms with Crippen molar-refractivity contribution in [2.24, 2.45) is 5.41 Å². The average Bonchev–Trinajstić information content (AvgIpc) is 2.54. The van der Waals surface area contributed by atoms with E-state index in [0.717, 1.165) is 24.1 Å². The number of carbonyl (C=O) groups is 1. The monoisotopic (exact) mass is 327 g/mol. The van der Waals surface area contributed by atoms with Gasteiger partial charge in [-0.05, 0) is 25.2 Å². The van der Waals surface area contributed by atoms with Crippen LogP contribution in [0.15, 0.2) is 24.8 Å². The summed E-state index contributed by atoms with van der Waals surface area (Å²) < 4.78 is 5.01. The molecule has 2 aromatic rings. The van der Waals surface area contributed by atoms with Gasteiger partial charge in [0, 0.05) is 24.2 Å². The zero-order chi connectivity index (χ0) is 17.2. The summed E-state index contributed by atoms with van der Waals surface area (Å²) in [4.78, 5) is 29.2. The van der Waals surface area contributed by atoms with Crippen LogP contribution < -0.4 is 5.32 Å². The first-order chi connectivity index (χ1) is 11.5. The Hall–Kier alpha value is -2.57. The van der Waals surface area contributed by atoms with Crippen molar-refractivity contribution in [1.82, 2.24) is 25.3 Å². The number of nitrogens with zero attached hydrogens (tertiary/aromatic N) is 4. The molecule has 1 N–H and O–H groups in total. The Morgan fingerprint density at radius 3 is 2.88 bits per heavy atom. The van der Waals surface area contributed by atoms with Crippen molar-refractivity contribution in [3.63, 3.8) is 0 Å². The quantitative estimate of drug-likeness (QED) is 0.932. The fourth-order valence-corrected chi connectivity index (χ4v) is 3.03. The third kappa shape index (κ3) is 3.50. The minimum absolute atomic E-state index is 0.0190. The molecule has 0 saturated carbocycles. The minimum atomic E-state index is -0.413. The third-order valence-electron chi connectivity index (χ3n) is 4.04. The molecule has 0 spiro atoms. The van der Waals surface area contributed by atoms with E-state index in [1.807, 2.05) is 0 Å². The zero-order valence-electron chi connectivity index (χ0n) is 14.1. The molecular formula is C17H21N5O2. The van der Waals surface area contributed by atoms with Crippen LogP contribution in [-0.4, -0.2) is 32.6 Å². The van der Waals surface area contributed by atoms with Crippen LogP contribution in [0, 0.1) is 5.41 Å². The van der Waals surface area contributed by atoms with Crippen LogP contribution in [0.4, 0.5) is 4.79 Å². The number of fused-ring (bicyclic) bond motifs is 1. The molecule has 1 aliphatic rings. The average molecular weight is 327 g/mol. The topological polar surface area (TPSA) is 89.9 Å². The van der Waals surface area contributed by atoms with Crippen LogP contribution in [0.2, 0.25) is 0 Å². The molecule has 3 rings (SSSR count). The second-order valence-corrected chi connectivity index (χ2v) is 6.65. The molecule has 0 radical (unpaired) electrons. The van der Waals surface area contributed by atoms with Crippen molar-refractivity contribution in [2.75, 3.05) is 6.61 Å². The SMILES string of the molecule is CCOC(=O)NC1CC(C)(C)Cc2nc(-c3cnccn3)ncc21. The predicted octanol–water partition coefficient (Wildman–Crippen LogP) is 2.69. The van der Waals surface area contributed by atoms with Gasteiger partial charge in [-0.25, -0.2) is 19.7 Å².